The van der Waals surface area contributed by atoms with Crippen molar-refractivity contribution >= 4 is 22.3 Å². The number of hydrogen-bond acceptors (Lipinski definition) is 3. The van der Waals surface area contributed by atoms with E-state index in [2.05, 4.69) is 22.0 Å². The molecule has 2 N–H and O–H groups in total. The number of benzene rings is 1. The molecule has 3 rings (SSSR count). The number of rotatable bonds is 1. The van der Waals surface area contributed by atoms with E-state index in [0.29, 0.717) is 0 Å². The van der Waals surface area contributed by atoms with E-state index < -0.39 is 0 Å². The molecule has 1 saturated heterocycles. The molecule has 1 aliphatic heterocycles. The summed E-state index contributed by atoms with van der Waals surface area (Å²) in [5.41, 5.74) is 8.94. The second-order valence-electron chi connectivity index (χ2n) is 4.62. The van der Waals surface area contributed by atoms with Gasteiger partial charge in [-0.15, -0.1) is 0 Å². The third kappa shape index (κ3) is 1.82. The van der Waals surface area contributed by atoms with Crippen LogP contribution in [-0.4, -0.2) is 18.1 Å². The molecule has 0 aliphatic carbocycles. The van der Waals surface area contributed by atoms with Gasteiger partial charge in [-0.3, -0.25) is 4.98 Å². The Kier molecular flexibility index (Phi) is 2.59. The second-order valence-corrected chi connectivity index (χ2v) is 4.62. The van der Waals surface area contributed by atoms with Gasteiger partial charge in [0.05, 0.1) is 11.2 Å². The monoisotopic (exact) mass is 227 g/mol. The van der Waals surface area contributed by atoms with E-state index in [1.54, 1.807) is 6.20 Å². The number of anilines is 2. The van der Waals surface area contributed by atoms with Crippen molar-refractivity contribution in [3.63, 3.8) is 0 Å². The Bertz CT molecular complexity index is 530. The van der Waals surface area contributed by atoms with Crippen molar-refractivity contribution < 1.29 is 0 Å². The van der Waals surface area contributed by atoms with E-state index in [1.807, 2.05) is 12.1 Å². The minimum atomic E-state index is 0.765. The van der Waals surface area contributed by atoms with Crippen molar-refractivity contribution in [3.8, 4) is 0 Å². The molecule has 1 fully saturated rings. The van der Waals surface area contributed by atoms with E-state index >= 15 is 0 Å². The maximum Gasteiger partial charge on any atom is 0.0951 e. The first-order chi connectivity index (χ1) is 8.36. The van der Waals surface area contributed by atoms with E-state index in [1.165, 1.54) is 30.3 Å². The molecule has 3 nitrogen and oxygen atoms in total. The average Bonchev–Trinajstić information content (AvgIpc) is 2.41. The van der Waals surface area contributed by atoms with Gasteiger partial charge in [-0.1, -0.05) is 0 Å². The molecular weight excluding hydrogens is 210 g/mol. The molecule has 88 valence electrons. The number of hydrogen-bond donors (Lipinski definition) is 1. The highest BCUT2D eigenvalue weighted by molar-refractivity contribution is 5.98. The minimum Gasteiger partial charge on any atom is -0.397 e. The van der Waals surface area contributed by atoms with E-state index in [9.17, 15) is 0 Å². The first-order valence-electron chi connectivity index (χ1n) is 6.24. The first-order valence-corrected chi connectivity index (χ1v) is 6.24. The van der Waals surface area contributed by atoms with E-state index in [-0.39, 0.29) is 0 Å². The van der Waals surface area contributed by atoms with Gasteiger partial charge in [0.2, 0.25) is 0 Å². The first kappa shape index (κ1) is 10.4. The predicted molar refractivity (Wildman–Crippen MR) is 72.2 cm³/mol. The Balaban J connectivity index is 2.12. The Hall–Kier alpha value is -1.77. The summed E-state index contributed by atoms with van der Waals surface area (Å²) in [4.78, 5) is 6.84. The second kappa shape index (κ2) is 4.24. The van der Waals surface area contributed by atoms with Crippen molar-refractivity contribution in [1.82, 2.24) is 4.98 Å². The average molecular weight is 227 g/mol. The molecule has 1 aliphatic rings. The lowest BCUT2D eigenvalue weighted by Crippen LogP contribution is -2.29. The van der Waals surface area contributed by atoms with Crippen molar-refractivity contribution in [2.75, 3.05) is 23.7 Å². The fourth-order valence-electron chi connectivity index (χ4n) is 2.59. The lowest BCUT2D eigenvalue weighted by Gasteiger charge is -2.29. The van der Waals surface area contributed by atoms with Gasteiger partial charge in [0, 0.05) is 30.4 Å². The van der Waals surface area contributed by atoms with Crippen molar-refractivity contribution in [2.45, 2.75) is 19.3 Å². The molecule has 0 saturated carbocycles. The van der Waals surface area contributed by atoms with E-state index in [0.717, 1.165) is 24.3 Å². The van der Waals surface area contributed by atoms with Gasteiger partial charge in [-0.25, -0.2) is 0 Å². The van der Waals surface area contributed by atoms with Crippen LogP contribution in [0.3, 0.4) is 0 Å². The number of nitrogen functional groups attached to an aromatic ring is 1. The quantitative estimate of drug-likeness (QED) is 0.762. The smallest absolute Gasteiger partial charge is 0.0951 e. The van der Waals surface area contributed by atoms with Gasteiger partial charge in [0.15, 0.2) is 0 Å². The van der Waals surface area contributed by atoms with Gasteiger partial charge in [-0.05, 0) is 43.5 Å². The van der Waals surface area contributed by atoms with Crippen molar-refractivity contribution in [2.24, 2.45) is 0 Å². The molecule has 3 heteroatoms. The van der Waals surface area contributed by atoms with Crippen molar-refractivity contribution in [3.05, 3.63) is 30.5 Å². The van der Waals surface area contributed by atoms with Gasteiger partial charge in [0.1, 0.15) is 0 Å². The SMILES string of the molecule is Nc1ccc(N2CCCCC2)c2cccnc12. The van der Waals surface area contributed by atoms with Gasteiger partial charge >= 0.3 is 0 Å². The molecule has 0 atom stereocenters. The number of pyridine rings is 1. The lowest BCUT2D eigenvalue weighted by molar-refractivity contribution is 0.579. The topological polar surface area (TPSA) is 42.1 Å². The fourth-order valence-corrected chi connectivity index (χ4v) is 2.59. The molecule has 1 aromatic carbocycles. The van der Waals surface area contributed by atoms with Gasteiger partial charge < -0.3 is 10.6 Å². The van der Waals surface area contributed by atoms with Crippen LogP contribution in [0.5, 0.6) is 0 Å². The highest BCUT2D eigenvalue weighted by atomic mass is 15.1. The number of fused-ring (bicyclic) bond motifs is 1. The largest absolute Gasteiger partial charge is 0.397 e. The lowest BCUT2D eigenvalue weighted by atomic mass is 10.1. The van der Waals surface area contributed by atoms with Crippen LogP contribution in [0.4, 0.5) is 11.4 Å². The summed E-state index contributed by atoms with van der Waals surface area (Å²) in [6.07, 6.45) is 5.72. The van der Waals surface area contributed by atoms with Crippen LogP contribution in [0.1, 0.15) is 19.3 Å². The van der Waals surface area contributed by atoms with Crippen LogP contribution >= 0.6 is 0 Å². The summed E-state index contributed by atoms with van der Waals surface area (Å²) in [6.45, 7) is 2.29. The highest BCUT2D eigenvalue weighted by Gasteiger charge is 2.14. The van der Waals surface area contributed by atoms with Crippen LogP contribution in [0.25, 0.3) is 10.9 Å². The number of aromatic nitrogens is 1. The predicted octanol–water partition coefficient (Wildman–Crippen LogP) is 2.81. The Labute approximate surface area is 101 Å². The molecule has 1 aromatic heterocycles. The van der Waals surface area contributed by atoms with Crippen LogP contribution < -0.4 is 10.6 Å². The zero-order valence-electron chi connectivity index (χ0n) is 9.89. The summed E-state index contributed by atoms with van der Waals surface area (Å²) in [6, 6.07) is 8.20. The third-order valence-corrected chi connectivity index (χ3v) is 3.47. The summed E-state index contributed by atoms with van der Waals surface area (Å²) in [5, 5.41) is 1.18. The van der Waals surface area contributed by atoms with Gasteiger partial charge in [-0.2, -0.15) is 0 Å². The third-order valence-electron chi connectivity index (χ3n) is 3.47. The molecule has 0 spiro atoms. The summed E-state index contributed by atoms with van der Waals surface area (Å²) in [7, 11) is 0. The highest BCUT2D eigenvalue weighted by Crippen LogP contribution is 2.30. The summed E-state index contributed by atoms with van der Waals surface area (Å²) in [5.74, 6) is 0. The zero-order chi connectivity index (χ0) is 11.7. The molecule has 0 unspecified atom stereocenters. The Morgan fingerprint density at radius 1 is 1.06 bits per heavy atom. The van der Waals surface area contributed by atoms with Gasteiger partial charge in [0.25, 0.3) is 0 Å². The maximum atomic E-state index is 5.97. The molecule has 17 heavy (non-hydrogen) atoms. The van der Waals surface area contributed by atoms with Crippen LogP contribution in [0.2, 0.25) is 0 Å². The molecule has 0 radical (unpaired) electrons. The van der Waals surface area contributed by atoms with Crippen molar-refractivity contribution in [1.29, 1.82) is 0 Å². The Morgan fingerprint density at radius 3 is 2.71 bits per heavy atom. The number of nitrogens with zero attached hydrogens (tertiary/aromatic N) is 2. The summed E-state index contributed by atoms with van der Waals surface area (Å²) >= 11 is 0. The molecule has 2 heterocycles. The van der Waals surface area contributed by atoms with Crippen LogP contribution in [0, 0.1) is 0 Å². The molecule has 0 amide bonds. The maximum absolute atomic E-state index is 5.97. The molecule has 0 bridgehead atoms. The normalized spacial score (nSPS) is 16.4. The van der Waals surface area contributed by atoms with Crippen LogP contribution in [-0.2, 0) is 0 Å². The number of nitrogens with two attached hydrogens (primary N) is 1. The number of piperidine rings is 1. The zero-order valence-corrected chi connectivity index (χ0v) is 9.89. The molecule has 2 aromatic rings. The molecular formula is C14H17N3. The fraction of sp³-hybridized carbons (Fsp3) is 0.357. The summed E-state index contributed by atoms with van der Waals surface area (Å²) < 4.78 is 0. The standard InChI is InChI=1S/C14H17N3/c15-12-6-7-13(17-9-2-1-3-10-17)11-5-4-8-16-14(11)12/h4-8H,1-3,9-10,15H2. The Morgan fingerprint density at radius 2 is 1.88 bits per heavy atom. The van der Waals surface area contributed by atoms with E-state index in [4.69, 9.17) is 5.73 Å². The van der Waals surface area contributed by atoms with Crippen LogP contribution in [0.15, 0.2) is 30.5 Å². The minimum absolute atomic E-state index is 0.765.